The summed E-state index contributed by atoms with van der Waals surface area (Å²) in [4.78, 5) is 2.52. The molecule has 0 spiro atoms. The number of hydrogen-bond acceptors (Lipinski definition) is 4. The molecule has 2 rings (SSSR count). The molecule has 2 aliphatic rings. The fourth-order valence-electron chi connectivity index (χ4n) is 1.66. The van der Waals surface area contributed by atoms with Crippen LogP contribution in [0.4, 0.5) is 0 Å². The number of aliphatic hydroxyl groups is 1. The molecule has 2 fully saturated rings. The van der Waals surface area contributed by atoms with E-state index in [1.165, 1.54) is 0 Å². The maximum absolute atomic E-state index is 9.77. The van der Waals surface area contributed by atoms with Gasteiger partial charge in [-0.1, -0.05) is 5.92 Å². The molecule has 1 N–H and O–H groups in total. The zero-order valence-electron chi connectivity index (χ0n) is 7.86. The van der Waals surface area contributed by atoms with Gasteiger partial charge in [-0.15, -0.1) is 0 Å². The molecule has 0 aliphatic carbocycles. The third kappa shape index (κ3) is 1.69. The molecule has 0 amide bonds. The Hall–Kier alpha value is -0.120. The van der Waals surface area contributed by atoms with Gasteiger partial charge in [-0.3, -0.25) is 0 Å². The van der Waals surface area contributed by atoms with Gasteiger partial charge in [0.2, 0.25) is 0 Å². The third-order valence-electron chi connectivity index (χ3n) is 2.21. The van der Waals surface area contributed by atoms with Gasteiger partial charge in [-0.2, -0.15) is 0 Å². The van der Waals surface area contributed by atoms with Gasteiger partial charge < -0.3 is 19.3 Å². The fourth-order valence-corrected chi connectivity index (χ4v) is 1.89. The van der Waals surface area contributed by atoms with E-state index in [4.69, 9.17) is 14.2 Å². The minimum Gasteiger partial charge on any atom is -0.386 e. The Morgan fingerprint density at radius 3 is 2.64 bits per heavy atom. The van der Waals surface area contributed by atoms with E-state index in [-0.39, 0.29) is 0 Å². The van der Waals surface area contributed by atoms with Gasteiger partial charge in [0, 0.05) is 15.9 Å². The first-order valence-electron chi connectivity index (χ1n) is 4.34. The number of hydrogen-bond donors (Lipinski definition) is 1. The van der Waals surface area contributed by atoms with E-state index in [9.17, 15) is 5.11 Å². The van der Waals surface area contributed by atoms with Crippen molar-refractivity contribution in [1.29, 1.82) is 0 Å². The minimum atomic E-state index is -0.758. The number of halogens is 1. The average molecular weight is 263 g/mol. The van der Waals surface area contributed by atoms with Crippen LogP contribution in [0.15, 0.2) is 0 Å². The van der Waals surface area contributed by atoms with Crippen molar-refractivity contribution in [2.24, 2.45) is 0 Å². The highest BCUT2D eigenvalue weighted by molar-refractivity contribution is 9.12. The second-order valence-corrected chi connectivity index (χ2v) is 4.15. The Morgan fingerprint density at radius 1 is 1.36 bits per heavy atom. The molecule has 2 saturated heterocycles. The molecule has 0 radical (unpaired) electrons. The molecule has 0 aromatic heterocycles. The van der Waals surface area contributed by atoms with E-state index in [1.807, 2.05) is 0 Å². The first-order valence-corrected chi connectivity index (χ1v) is 5.13. The molecule has 14 heavy (non-hydrogen) atoms. The van der Waals surface area contributed by atoms with E-state index < -0.39 is 30.4 Å². The van der Waals surface area contributed by atoms with E-state index in [2.05, 4.69) is 26.7 Å². The summed E-state index contributed by atoms with van der Waals surface area (Å²) in [5.74, 6) is 1.99. The normalized spacial score (nSPS) is 44.3. The van der Waals surface area contributed by atoms with Gasteiger partial charge in [-0.05, 0) is 18.7 Å². The molecule has 0 saturated carbocycles. The SMILES string of the molecule is CC1(C)O[C@H]2O[C@H](C#CBr)[C@@H](O)[C@H]2O1. The molecule has 2 heterocycles. The lowest BCUT2D eigenvalue weighted by Crippen LogP contribution is -2.33. The summed E-state index contributed by atoms with van der Waals surface area (Å²) in [6.07, 6.45) is -2.26. The number of aliphatic hydroxyl groups excluding tert-OH is 1. The molecule has 4 nitrogen and oxygen atoms in total. The average Bonchev–Trinajstić information content (AvgIpc) is 2.50. The summed E-state index contributed by atoms with van der Waals surface area (Å²) >= 11 is 2.96. The monoisotopic (exact) mass is 262 g/mol. The van der Waals surface area contributed by atoms with Crippen LogP contribution in [0.1, 0.15) is 13.8 Å². The second kappa shape index (κ2) is 3.47. The van der Waals surface area contributed by atoms with Crippen molar-refractivity contribution in [3.63, 3.8) is 0 Å². The van der Waals surface area contributed by atoms with Crippen molar-refractivity contribution < 1.29 is 19.3 Å². The predicted octanol–water partition coefficient (Wildman–Crippen LogP) is 0.579. The summed E-state index contributed by atoms with van der Waals surface area (Å²) < 4.78 is 16.3. The van der Waals surface area contributed by atoms with Crippen LogP contribution < -0.4 is 0 Å². The molecular weight excluding hydrogens is 252 g/mol. The predicted molar refractivity (Wildman–Crippen MR) is 51.4 cm³/mol. The molecule has 0 aromatic carbocycles. The Kier molecular flexibility index (Phi) is 2.58. The summed E-state index contributed by atoms with van der Waals surface area (Å²) in [5.41, 5.74) is 0. The zero-order chi connectivity index (χ0) is 10.3. The highest BCUT2D eigenvalue weighted by Gasteiger charge is 2.53. The van der Waals surface area contributed by atoms with Gasteiger partial charge in [0.15, 0.2) is 18.2 Å². The van der Waals surface area contributed by atoms with Crippen LogP contribution in [0.25, 0.3) is 0 Å². The lowest BCUT2D eigenvalue weighted by molar-refractivity contribution is -0.208. The minimum absolute atomic E-state index is 0.441. The molecule has 0 bridgehead atoms. The topological polar surface area (TPSA) is 47.9 Å². The molecule has 4 atom stereocenters. The van der Waals surface area contributed by atoms with Gasteiger partial charge in [0.1, 0.15) is 12.2 Å². The summed E-state index contributed by atoms with van der Waals surface area (Å²) in [6.45, 7) is 3.57. The van der Waals surface area contributed by atoms with Crippen LogP contribution in [-0.2, 0) is 14.2 Å². The molecule has 0 aromatic rings. The fraction of sp³-hybridized carbons (Fsp3) is 0.778. The molecule has 78 valence electrons. The second-order valence-electron chi connectivity index (χ2n) is 3.75. The van der Waals surface area contributed by atoms with Crippen molar-refractivity contribution in [3.8, 4) is 10.8 Å². The first-order chi connectivity index (χ1) is 6.53. The molecular formula is C9H11BrO4. The van der Waals surface area contributed by atoms with Crippen molar-refractivity contribution in [2.75, 3.05) is 0 Å². The zero-order valence-corrected chi connectivity index (χ0v) is 9.45. The van der Waals surface area contributed by atoms with E-state index in [0.717, 1.165) is 0 Å². The number of rotatable bonds is 0. The molecule has 0 unspecified atom stereocenters. The first kappa shape index (κ1) is 10.4. The lowest BCUT2D eigenvalue weighted by Gasteiger charge is -2.20. The Bertz CT molecular complexity index is 293. The van der Waals surface area contributed by atoms with Crippen LogP contribution >= 0.6 is 15.9 Å². The number of ether oxygens (including phenoxy) is 3. The molecule has 5 heteroatoms. The van der Waals surface area contributed by atoms with E-state index in [1.54, 1.807) is 13.8 Å². The summed E-state index contributed by atoms with van der Waals surface area (Å²) in [7, 11) is 0. The van der Waals surface area contributed by atoms with Crippen LogP contribution in [0.5, 0.6) is 0 Å². The number of fused-ring (bicyclic) bond motifs is 1. The van der Waals surface area contributed by atoms with E-state index in [0.29, 0.717) is 0 Å². The van der Waals surface area contributed by atoms with Crippen molar-refractivity contribution >= 4 is 15.9 Å². The Labute approximate surface area is 90.6 Å². The van der Waals surface area contributed by atoms with Gasteiger partial charge in [-0.25, -0.2) is 0 Å². The van der Waals surface area contributed by atoms with Gasteiger partial charge in [0.05, 0.1) is 0 Å². The summed E-state index contributed by atoms with van der Waals surface area (Å²) in [6, 6.07) is 0. The third-order valence-corrected chi connectivity index (χ3v) is 2.44. The Balaban J connectivity index is 2.10. The highest BCUT2D eigenvalue weighted by Crippen LogP contribution is 2.37. The van der Waals surface area contributed by atoms with Gasteiger partial charge >= 0.3 is 0 Å². The highest BCUT2D eigenvalue weighted by atomic mass is 79.9. The van der Waals surface area contributed by atoms with Crippen molar-refractivity contribution in [2.45, 2.75) is 44.2 Å². The lowest BCUT2D eigenvalue weighted by atomic mass is 10.1. The summed E-state index contributed by atoms with van der Waals surface area (Å²) in [5, 5.41) is 9.77. The smallest absolute Gasteiger partial charge is 0.191 e. The molecule has 2 aliphatic heterocycles. The van der Waals surface area contributed by atoms with E-state index >= 15 is 0 Å². The van der Waals surface area contributed by atoms with Crippen molar-refractivity contribution in [1.82, 2.24) is 0 Å². The van der Waals surface area contributed by atoms with Crippen LogP contribution in [-0.4, -0.2) is 35.5 Å². The maximum atomic E-state index is 9.77. The van der Waals surface area contributed by atoms with Crippen LogP contribution in [0.3, 0.4) is 0 Å². The largest absolute Gasteiger partial charge is 0.386 e. The van der Waals surface area contributed by atoms with Crippen LogP contribution in [0, 0.1) is 10.8 Å². The Morgan fingerprint density at radius 2 is 2.07 bits per heavy atom. The van der Waals surface area contributed by atoms with Crippen molar-refractivity contribution in [3.05, 3.63) is 0 Å². The standard InChI is InChI=1S/C9H11BrO4/c1-9(2)13-7-6(11)5(3-4-10)12-8(7)14-9/h5-8,11H,1-2H3/t5-,6-,7-,8-/m1/s1. The van der Waals surface area contributed by atoms with Crippen LogP contribution in [0.2, 0.25) is 0 Å². The quantitative estimate of drug-likeness (QED) is 0.649. The maximum Gasteiger partial charge on any atom is 0.191 e. The van der Waals surface area contributed by atoms with Gasteiger partial charge in [0.25, 0.3) is 0 Å².